The number of esters is 1. The van der Waals surface area contributed by atoms with Gasteiger partial charge < -0.3 is 9.47 Å². The van der Waals surface area contributed by atoms with E-state index < -0.39 is 5.41 Å². The highest BCUT2D eigenvalue weighted by Crippen LogP contribution is 2.65. The molecule has 4 heteroatoms. The van der Waals surface area contributed by atoms with Gasteiger partial charge in [0.05, 0.1) is 12.5 Å². The first-order valence-electron chi connectivity index (χ1n) is 12.4. The lowest BCUT2D eigenvalue weighted by atomic mass is 9.42. The maximum absolute atomic E-state index is 13.7. The highest BCUT2D eigenvalue weighted by Gasteiger charge is 2.67. The van der Waals surface area contributed by atoms with E-state index in [1.54, 1.807) is 7.11 Å². The van der Waals surface area contributed by atoms with Gasteiger partial charge in [-0.1, -0.05) is 53.2 Å². The van der Waals surface area contributed by atoms with E-state index in [0.29, 0.717) is 12.3 Å². The Bertz CT molecular complexity index is 868. The molecule has 0 radical (unpaired) electrons. The number of rotatable bonds is 5. The largest absolute Gasteiger partial charge is 0.497 e. The van der Waals surface area contributed by atoms with Crippen LogP contribution in [0.1, 0.15) is 85.1 Å². The van der Waals surface area contributed by atoms with Gasteiger partial charge >= 0.3 is 5.97 Å². The van der Waals surface area contributed by atoms with Gasteiger partial charge in [-0.15, -0.1) is 0 Å². The summed E-state index contributed by atoms with van der Waals surface area (Å²) in [6.07, 6.45) is 5.95. The van der Waals surface area contributed by atoms with E-state index in [0.717, 1.165) is 44.3 Å². The number of ether oxygens (including phenoxy) is 2. The molecule has 0 saturated heterocycles. The second-order valence-electron chi connectivity index (χ2n) is 12.0. The quantitative estimate of drug-likeness (QED) is 0.519. The molecule has 1 aromatic rings. The monoisotopic (exact) mass is 440 g/mol. The van der Waals surface area contributed by atoms with Gasteiger partial charge in [0, 0.05) is 18.3 Å². The van der Waals surface area contributed by atoms with Crippen LogP contribution in [0.4, 0.5) is 0 Å². The van der Waals surface area contributed by atoms with Crippen LogP contribution in [0.5, 0.6) is 5.75 Å². The number of Topliss-reactive ketones (excluding diaryl/α,β-unsaturated/α-hetero) is 1. The minimum Gasteiger partial charge on any atom is -0.497 e. The van der Waals surface area contributed by atoms with Crippen LogP contribution in [0.25, 0.3) is 0 Å². The molecule has 176 valence electrons. The number of carbonyl (C=O) groups is 2. The van der Waals surface area contributed by atoms with Gasteiger partial charge in [-0.25, -0.2) is 0 Å². The molecule has 0 unspecified atom stereocenters. The van der Waals surface area contributed by atoms with Crippen molar-refractivity contribution in [3.8, 4) is 5.75 Å². The minimum atomic E-state index is -0.589. The molecule has 4 nitrogen and oxygen atoms in total. The minimum absolute atomic E-state index is 0.0991. The van der Waals surface area contributed by atoms with Crippen LogP contribution in [0.3, 0.4) is 0 Å². The van der Waals surface area contributed by atoms with Gasteiger partial charge in [-0.3, -0.25) is 9.59 Å². The topological polar surface area (TPSA) is 52.6 Å². The molecule has 32 heavy (non-hydrogen) atoms. The third-order valence-electron chi connectivity index (χ3n) is 8.95. The normalized spacial score (nSPS) is 34.2. The lowest BCUT2D eigenvalue weighted by molar-refractivity contribution is -0.205. The Hall–Kier alpha value is -1.84. The van der Waals surface area contributed by atoms with E-state index in [9.17, 15) is 9.59 Å². The molecular weight excluding hydrogens is 400 g/mol. The molecule has 0 N–H and O–H groups in total. The van der Waals surface area contributed by atoms with E-state index >= 15 is 0 Å². The van der Waals surface area contributed by atoms with Crippen molar-refractivity contribution in [2.24, 2.45) is 28.6 Å². The van der Waals surface area contributed by atoms with E-state index in [-0.39, 0.29) is 40.5 Å². The van der Waals surface area contributed by atoms with E-state index in [1.165, 1.54) is 5.56 Å². The number of hydrogen-bond donors (Lipinski definition) is 0. The molecule has 3 fully saturated rings. The number of hydrogen-bond acceptors (Lipinski definition) is 4. The third kappa shape index (κ3) is 3.78. The van der Waals surface area contributed by atoms with Crippen molar-refractivity contribution in [3.63, 3.8) is 0 Å². The predicted octanol–water partition coefficient (Wildman–Crippen LogP) is 6.11. The van der Waals surface area contributed by atoms with Crippen LogP contribution in [0.2, 0.25) is 0 Å². The summed E-state index contributed by atoms with van der Waals surface area (Å²) in [6.45, 7) is 11.1. The summed E-state index contributed by atoms with van der Waals surface area (Å²) in [5.74, 6) is 1.61. The number of benzene rings is 1. The van der Waals surface area contributed by atoms with Crippen molar-refractivity contribution in [3.05, 3.63) is 29.8 Å². The van der Waals surface area contributed by atoms with E-state index in [4.69, 9.17) is 9.47 Å². The Kier molecular flexibility index (Phi) is 5.96. The van der Waals surface area contributed by atoms with Crippen LogP contribution < -0.4 is 4.74 Å². The number of methoxy groups -OCH3 is 1. The highest BCUT2D eigenvalue weighted by molar-refractivity contribution is 5.93. The van der Waals surface area contributed by atoms with E-state index in [2.05, 4.69) is 46.8 Å². The van der Waals surface area contributed by atoms with Crippen LogP contribution in [-0.2, 0) is 19.7 Å². The van der Waals surface area contributed by atoms with Gasteiger partial charge in [0.2, 0.25) is 0 Å². The van der Waals surface area contributed by atoms with Crippen molar-refractivity contribution in [1.29, 1.82) is 0 Å². The maximum Gasteiger partial charge on any atom is 0.313 e. The maximum atomic E-state index is 13.7. The van der Waals surface area contributed by atoms with Gasteiger partial charge in [0.1, 0.15) is 17.6 Å². The fourth-order valence-corrected chi connectivity index (χ4v) is 7.40. The Balaban J connectivity index is 1.57. The molecule has 0 bridgehead atoms. The summed E-state index contributed by atoms with van der Waals surface area (Å²) in [4.78, 5) is 26.5. The summed E-state index contributed by atoms with van der Waals surface area (Å²) in [6, 6.07) is 8.30. The summed E-state index contributed by atoms with van der Waals surface area (Å²) >= 11 is 0. The van der Waals surface area contributed by atoms with Crippen molar-refractivity contribution < 1.29 is 19.1 Å². The Morgan fingerprint density at radius 3 is 2.44 bits per heavy atom. The zero-order valence-electron chi connectivity index (χ0n) is 20.7. The van der Waals surface area contributed by atoms with Gasteiger partial charge in [-0.2, -0.15) is 0 Å². The van der Waals surface area contributed by atoms with Crippen LogP contribution >= 0.6 is 0 Å². The Morgan fingerprint density at radius 2 is 1.81 bits per heavy atom. The first-order chi connectivity index (χ1) is 15.0. The lowest BCUT2D eigenvalue weighted by Gasteiger charge is -2.60. The van der Waals surface area contributed by atoms with Crippen molar-refractivity contribution in [1.82, 2.24) is 0 Å². The summed E-state index contributed by atoms with van der Waals surface area (Å²) in [5.41, 5.74) is 0.426. The third-order valence-corrected chi connectivity index (χ3v) is 8.95. The average molecular weight is 441 g/mol. The fraction of sp³-hybridized carbons (Fsp3) is 0.714. The average Bonchev–Trinajstić information content (AvgIpc) is 2.72. The highest BCUT2D eigenvalue weighted by atomic mass is 16.5. The van der Waals surface area contributed by atoms with Crippen LogP contribution in [0, 0.1) is 28.6 Å². The van der Waals surface area contributed by atoms with Gasteiger partial charge in [0.15, 0.2) is 0 Å². The lowest BCUT2D eigenvalue weighted by Crippen LogP contribution is -2.63. The SMILES string of the molecule is COc1ccc(C(C)(C)[C@@H]2CC[C@@H](C)C[C@H]2OC(=O)[C@]23CCCC(=O)[C@H]2C(C)(C)C3)cc1. The molecule has 3 aliphatic carbocycles. The van der Waals surface area contributed by atoms with Crippen LogP contribution in [0.15, 0.2) is 24.3 Å². The first-order valence-corrected chi connectivity index (χ1v) is 12.4. The molecule has 0 aromatic heterocycles. The summed E-state index contributed by atoms with van der Waals surface area (Å²) in [7, 11) is 1.68. The number of fused-ring (bicyclic) bond motifs is 1. The van der Waals surface area contributed by atoms with Crippen molar-refractivity contribution >= 4 is 11.8 Å². The predicted molar refractivity (Wildman–Crippen MR) is 126 cm³/mol. The number of carbonyl (C=O) groups excluding carboxylic acids is 2. The Morgan fingerprint density at radius 1 is 1.12 bits per heavy atom. The molecule has 4 rings (SSSR count). The van der Waals surface area contributed by atoms with Crippen molar-refractivity contribution in [2.75, 3.05) is 7.11 Å². The van der Waals surface area contributed by atoms with E-state index in [1.807, 2.05) is 12.1 Å². The first kappa shape index (κ1) is 23.3. The molecule has 5 atom stereocenters. The smallest absolute Gasteiger partial charge is 0.313 e. The Labute approximate surface area is 193 Å². The molecular formula is C28H40O4. The molecule has 0 spiro atoms. The summed E-state index contributed by atoms with van der Waals surface area (Å²) in [5, 5.41) is 0. The number of ketones is 1. The molecule has 3 aliphatic rings. The second kappa shape index (κ2) is 8.18. The van der Waals surface area contributed by atoms with Gasteiger partial charge in [-0.05, 0) is 66.5 Å². The van der Waals surface area contributed by atoms with Crippen molar-refractivity contribution in [2.45, 2.75) is 91.1 Å². The molecule has 0 heterocycles. The summed E-state index contributed by atoms with van der Waals surface area (Å²) < 4.78 is 11.8. The molecule has 0 amide bonds. The standard InChI is InChI=1S/C28H40O4/c1-18-9-14-21(27(4,5)19-10-12-20(31-6)13-11-19)23(16-18)32-25(30)28-15-7-8-22(29)24(28)26(2,3)17-28/h10-13,18,21,23-24H,7-9,14-17H2,1-6H3/t18-,21-,23-,24+,28+/m1/s1. The zero-order valence-corrected chi connectivity index (χ0v) is 20.7. The second-order valence-corrected chi connectivity index (χ2v) is 12.0. The molecule has 3 saturated carbocycles. The van der Waals surface area contributed by atoms with Crippen LogP contribution in [-0.4, -0.2) is 25.0 Å². The molecule has 0 aliphatic heterocycles. The fourth-order valence-electron chi connectivity index (χ4n) is 7.40. The van der Waals surface area contributed by atoms with Gasteiger partial charge in [0.25, 0.3) is 0 Å². The molecule has 1 aromatic carbocycles. The zero-order chi connectivity index (χ0) is 23.3.